The summed E-state index contributed by atoms with van der Waals surface area (Å²) in [4.78, 5) is 13.1. The summed E-state index contributed by atoms with van der Waals surface area (Å²) in [6.07, 6.45) is 7.55. The van der Waals surface area contributed by atoms with E-state index in [0.29, 0.717) is 42.0 Å². The summed E-state index contributed by atoms with van der Waals surface area (Å²) in [6.45, 7) is 6.41. The van der Waals surface area contributed by atoms with E-state index in [9.17, 15) is 9.90 Å². The van der Waals surface area contributed by atoms with Gasteiger partial charge in [-0.05, 0) is 58.1 Å². The molecule has 0 radical (unpaired) electrons. The van der Waals surface area contributed by atoms with E-state index < -0.39 is 0 Å². The number of nitrogens with one attached hydrogen (secondary N) is 1. The number of ether oxygens (including phenoxy) is 3. The Balaban J connectivity index is 2.31. The van der Waals surface area contributed by atoms with Crippen LogP contribution in [0.25, 0.3) is 0 Å². The van der Waals surface area contributed by atoms with E-state index in [-0.39, 0.29) is 19.3 Å². The molecule has 6 heteroatoms. The number of methoxy groups -OCH3 is 2. The molecule has 6 nitrogen and oxygen atoms in total. The number of aliphatic hydroxyl groups is 1. The van der Waals surface area contributed by atoms with Crippen molar-refractivity contribution >= 4 is 5.91 Å². The molecule has 0 unspecified atom stereocenters. The molecule has 2 rings (SSSR count). The quantitative estimate of drug-likeness (QED) is 0.280. The zero-order valence-corrected chi connectivity index (χ0v) is 21.6. The summed E-state index contributed by atoms with van der Waals surface area (Å²) < 4.78 is 16.7. The Morgan fingerprint density at radius 2 is 1.80 bits per heavy atom. The highest BCUT2D eigenvalue weighted by atomic mass is 16.7. The van der Waals surface area contributed by atoms with Crippen LogP contribution in [0.3, 0.4) is 0 Å². The van der Waals surface area contributed by atoms with Crippen molar-refractivity contribution in [3.8, 4) is 11.5 Å². The van der Waals surface area contributed by atoms with Crippen LogP contribution in [0.2, 0.25) is 0 Å². The zero-order chi connectivity index (χ0) is 25.6. The van der Waals surface area contributed by atoms with E-state index in [2.05, 4.69) is 38.2 Å². The predicted molar refractivity (Wildman–Crippen MR) is 140 cm³/mol. The van der Waals surface area contributed by atoms with Gasteiger partial charge in [0.15, 0.2) is 6.79 Å². The lowest BCUT2D eigenvalue weighted by atomic mass is 9.97. The van der Waals surface area contributed by atoms with Crippen molar-refractivity contribution in [3.05, 3.63) is 82.0 Å². The van der Waals surface area contributed by atoms with Crippen molar-refractivity contribution in [2.75, 3.05) is 27.6 Å². The molecule has 1 amide bonds. The molecule has 0 aliphatic carbocycles. The van der Waals surface area contributed by atoms with Crippen molar-refractivity contribution in [2.45, 2.75) is 53.1 Å². The first-order valence-electron chi connectivity index (χ1n) is 12.0. The third-order valence-electron chi connectivity index (χ3n) is 5.68. The maximum absolute atomic E-state index is 13.1. The number of hydrogen-bond acceptors (Lipinski definition) is 5. The van der Waals surface area contributed by atoms with Gasteiger partial charge in [-0.3, -0.25) is 4.79 Å². The number of hydrogen-bond donors (Lipinski definition) is 2. The number of carbonyl (C=O) groups is 1. The first kappa shape index (κ1) is 28.1. The number of rotatable bonds is 14. The van der Waals surface area contributed by atoms with E-state index in [0.717, 1.165) is 24.0 Å². The minimum atomic E-state index is -0.346. The normalized spacial score (nSPS) is 11.2. The topological polar surface area (TPSA) is 77.0 Å². The first-order valence-corrected chi connectivity index (χ1v) is 12.0. The molecule has 0 aliphatic heterocycles. The summed E-state index contributed by atoms with van der Waals surface area (Å²) in [7, 11) is 3.10. The molecule has 0 aliphatic rings. The molecule has 0 heterocycles. The van der Waals surface area contributed by atoms with Crippen LogP contribution in [0, 0.1) is 0 Å². The predicted octanol–water partition coefficient (Wildman–Crippen LogP) is 5.38. The standard InChI is InChI=1S/C29H39NO5/c1-21(2)10-9-11-22(3)14-15-24-27(34-5)18-25(26(19-31)28(24)35-20-33-4)29(32)30-17-16-23-12-7-6-8-13-23/h6-8,10,12-14,18,31H,9,11,15-17,19-20H2,1-5H3,(H,30,32)/b22-14+. The molecule has 0 atom stereocenters. The van der Waals surface area contributed by atoms with Crippen LogP contribution in [0.1, 0.15) is 60.7 Å². The Labute approximate surface area is 209 Å². The van der Waals surface area contributed by atoms with Gasteiger partial charge >= 0.3 is 0 Å². The van der Waals surface area contributed by atoms with Crippen molar-refractivity contribution in [2.24, 2.45) is 0 Å². The van der Waals surface area contributed by atoms with Gasteiger partial charge in [-0.15, -0.1) is 0 Å². The molecule has 0 aromatic heterocycles. The SMILES string of the molecule is COCOc1c(C/C=C(\C)CCC=C(C)C)c(OC)cc(C(=O)NCCc2ccccc2)c1CO. The van der Waals surface area contributed by atoms with Gasteiger partial charge < -0.3 is 24.6 Å². The van der Waals surface area contributed by atoms with Crippen LogP contribution in [0.4, 0.5) is 0 Å². The Hall–Kier alpha value is -3.09. The van der Waals surface area contributed by atoms with Gasteiger partial charge in [-0.2, -0.15) is 0 Å². The van der Waals surface area contributed by atoms with Crippen LogP contribution in [0.5, 0.6) is 11.5 Å². The van der Waals surface area contributed by atoms with Crippen molar-refractivity contribution in [1.29, 1.82) is 0 Å². The maximum Gasteiger partial charge on any atom is 0.251 e. The summed E-state index contributed by atoms with van der Waals surface area (Å²) >= 11 is 0. The Bertz CT molecular complexity index is 1010. The second-order valence-electron chi connectivity index (χ2n) is 8.69. The number of carbonyl (C=O) groups excluding carboxylic acids is 1. The molecule has 0 fully saturated rings. The van der Waals surface area contributed by atoms with E-state index in [4.69, 9.17) is 14.2 Å². The van der Waals surface area contributed by atoms with Crippen LogP contribution < -0.4 is 14.8 Å². The number of allylic oxidation sites excluding steroid dienone is 4. The third kappa shape index (κ3) is 8.89. The minimum absolute atomic E-state index is 0.00843. The molecule has 2 aromatic rings. The fourth-order valence-electron chi connectivity index (χ4n) is 3.78. The van der Waals surface area contributed by atoms with E-state index in [1.54, 1.807) is 13.2 Å². The third-order valence-corrected chi connectivity index (χ3v) is 5.68. The highest BCUT2D eigenvalue weighted by molar-refractivity contribution is 5.97. The molecule has 0 saturated carbocycles. The van der Waals surface area contributed by atoms with Crippen molar-refractivity contribution < 1.29 is 24.1 Å². The lowest BCUT2D eigenvalue weighted by molar-refractivity contribution is 0.0485. The van der Waals surface area contributed by atoms with E-state index in [1.807, 2.05) is 30.3 Å². The molecule has 2 aromatic carbocycles. The molecular weight excluding hydrogens is 442 g/mol. The maximum atomic E-state index is 13.1. The van der Waals surface area contributed by atoms with Crippen LogP contribution in [0.15, 0.2) is 59.7 Å². The van der Waals surface area contributed by atoms with E-state index >= 15 is 0 Å². The number of aliphatic hydroxyl groups excluding tert-OH is 1. The second-order valence-corrected chi connectivity index (χ2v) is 8.69. The molecule has 190 valence electrons. The molecule has 0 saturated heterocycles. The fourth-order valence-corrected chi connectivity index (χ4v) is 3.78. The van der Waals surface area contributed by atoms with Gasteiger partial charge in [0.2, 0.25) is 0 Å². The summed E-state index contributed by atoms with van der Waals surface area (Å²) in [5, 5.41) is 13.2. The van der Waals surface area contributed by atoms with E-state index in [1.165, 1.54) is 18.3 Å². The zero-order valence-electron chi connectivity index (χ0n) is 21.6. The highest BCUT2D eigenvalue weighted by Crippen LogP contribution is 2.36. The Kier molecular flexibility index (Phi) is 12.1. The van der Waals surface area contributed by atoms with Crippen molar-refractivity contribution in [1.82, 2.24) is 5.32 Å². The molecule has 2 N–H and O–H groups in total. The smallest absolute Gasteiger partial charge is 0.251 e. The average molecular weight is 482 g/mol. The van der Waals surface area contributed by atoms with Gasteiger partial charge in [0.05, 0.1) is 19.3 Å². The lowest BCUT2D eigenvalue weighted by Gasteiger charge is -2.20. The van der Waals surface area contributed by atoms with Crippen molar-refractivity contribution in [3.63, 3.8) is 0 Å². The van der Waals surface area contributed by atoms with Crippen LogP contribution in [-0.2, 0) is 24.2 Å². The molecule has 0 bridgehead atoms. The van der Waals surface area contributed by atoms with Gasteiger partial charge in [-0.25, -0.2) is 0 Å². The Morgan fingerprint density at radius 3 is 2.43 bits per heavy atom. The number of benzene rings is 2. The monoisotopic (exact) mass is 481 g/mol. The first-order chi connectivity index (χ1) is 16.9. The molecule has 35 heavy (non-hydrogen) atoms. The molecule has 0 spiro atoms. The van der Waals surface area contributed by atoms with Crippen LogP contribution in [-0.4, -0.2) is 38.6 Å². The van der Waals surface area contributed by atoms with Gasteiger partial charge in [-0.1, -0.05) is 53.6 Å². The fraction of sp³-hybridized carbons (Fsp3) is 0.414. The van der Waals surface area contributed by atoms with Gasteiger partial charge in [0.25, 0.3) is 5.91 Å². The summed E-state index contributed by atoms with van der Waals surface area (Å²) in [5.41, 5.74) is 5.22. The van der Waals surface area contributed by atoms with Gasteiger partial charge in [0, 0.05) is 24.8 Å². The van der Waals surface area contributed by atoms with Gasteiger partial charge in [0.1, 0.15) is 11.5 Å². The summed E-state index contributed by atoms with van der Waals surface area (Å²) in [6, 6.07) is 11.6. The Morgan fingerprint density at radius 1 is 1.06 bits per heavy atom. The largest absolute Gasteiger partial charge is 0.496 e. The number of amides is 1. The summed E-state index contributed by atoms with van der Waals surface area (Å²) in [5.74, 6) is 0.677. The average Bonchev–Trinajstić information content (AvgIpc) is 2.85. The highest BCUT2D eigenvalue weighted by Gasteiger charge is 2.23. The van der Waals surface area contributed by atoms with Crippen LogP contribution >= 0.6 is 0 Å². The lowest BCUT2D eigenvalue weighted by Crippen LogP contribution is -2.27. The second kappa shape index (κ2) is 15.0. The minimum Gasteiger partial charge on any atom is -0.496 e. The molecular formula is C29H39NO5.